The minimum Gasteiger partial charge on any atom is -0.342 e. The summed E-state index contributed by atoms with van der Waals surface area (Å²) in [5, 5.41) is 3.05. The third-order valence-corrected chi connectivity index (χ3v) is 7.31. The van der Waals surface area contributed by atoms with E-state index in [9.17, 15) is 18.0 Å². The number of rotatable bonds is 7. The Bertz CT molecular complexity index is 1030. The minimum absolute atomic E-state index is 0.0188. The van der Waals surface area contributed by atoms with E-state index in [-0.39, 0.29) is 29.8 Å². The summed E-state index contributed by atoms with van der Waals surface area (Å²) in [5.74, 6) is -0.465. The number of nitrogens with one attached hydrogen (secondary N) is 1. The molecular formula is C22H26ClN3O4S. The molecule has 1 heterocycles. The van der Waals surface area contributed by atoms with Crippen LogP contribution in [0, 0.1) is 0 Å². The Hall–Kier alpha value is -2.42. The third-order valence-electron chi connectivity index (χ3n) is 5.14. The Balaban J connectivity index is 1.88. The van der Waals surface area contributed by atoms with E-state index in [1.165, 1.54) is 35.5 Å². The number of anilines is 1. The maximum Gasteiger partial charge on any atom is 0.243 e. The van der Waals surface area contributed by atoms with Gasteiger partial charge < -0.3 is 10.2 Å². The van der Waals surface area contributed by atoms with Gasteiger partial charge in [-0.25, -0.2) is 8.42 Å². The number of nitrogens with zero attached hydrogens (tertiary/aromatic N) is 2. The third kappa shape index (κ3) is 6.06. The van der Waals surface area contributed by atoms with Crippen molar-refractivity contribution in [3.8, 4) is 0 Å². The molecule has 0 aromatic heterocycles. The van der Waals surface area contributed by atoms with Crippen LogP contribution >= 0.6 is 11.6 Å². The fourth-order valence-corrected chi connectivity index (χ4v) is 5.06. The molecule has 2 aromatic rings. The number of hydrogen-bond donors (Lipinski definition) is 1. The monoisotopic (exact) mass is 463 g/mol. The molecule has 9 heteroatoms. The smallest absolute Gasteiger partial charge is 0.243 e. The van der Waals surface area contributed by atoms with E-state index in [0.29, 0.717) is 29.4 Å². The fraction of sp³-hybridized carbons (Fsp3) is 0.364. The molecule has 1 aliphatic rings. The normalized spacial score (nSPS) is 14.5. The summed E-state index contributed by atoms with van der Waals surface area (Å²) in [5.41, 5.74) is 1.11. The molecule has 0 aliphatic carbocycles. The van der Waals surface area contributed by atoms with E-state index in [0.717, 1.165) is 19.3 Å². The van der Waals surface area contributed by atoms with Crippen LogP contribution in [0.15, 0.2) is 53.4 Å². The van der Waals surface area contributed by atoms with Gasteiger partial charge in [0.25, 0.3) is 0 Å². The van der Waals surface area contributed by atoms with Crippen molar-refractivity contribution in [1.82, 2.24) is 9.21 Å². The number of likely N-dealkylation sites (tertiary alicyclic amines) is 1. The van der Waals surface area contributed by atoms with Crippen molar-refractivity contribution in [2.45, 2.75) is 37.6 Å². The molecule has 3 rings (SSSR count). The lowest BCUT2D eigenvalue weighted by molar-refractivity contribution is -0.132. The lowest BCUT2D eigenvalue weighted by Gasteiger charge is -2.30. The van der Waals surface area contributed by atoms with Gasteiger partial charge in [-0.1, -0.05) is 29.8 Å². The first-order valence-corrected chi connectivity index (χ1v) is 12.0. The molecule has 2 amide bonds. The Kier molecular flexibility index (Phi) is 7.69. The van der Waals surface area contributed by atoms with Crippen LogP contribution in [0.4, 0.5) is 5.69 Å². The van der Waals surface area contributed by atoms with Gasteiger partial charge in [-0.3, -0.25) is 9.59 Å². The van der Waals surface area contributed by atoms with Crippen LogP contribution in [0.3, 0.4) is 0 Å². The summed E-state index contributed by atoms with van der Waals surface area (Å²) in [7, 11) is -3.98. The minimum atomic E-state index is -3.98. The van der Waals surface area contributed by atoms with Crippen LogP contribution in [-0.2, 0) is 26.2 Å². The number of amides is 2. The van der Waals surface area contributed by atoms with Crippen molar-refractivity contribution in [1.29, 1.82) is 0 Å². The highest BCUT2D eigenvalue weighted by Crippen LogP contribution is 2.24. The molecular weight excluding hydrogens is 438 g/mol. The molecule has 166 valence electrons. The molecule has 1 saturated heterocycles. The number of piperidine rings is 1. The van der Waals surface area contributed by atoms with Gasteiger partial charge in [-0.05, 0) is 55.2 Å². The molecule has 1 N–H and O–H groups in total. The average Bonchev–Trinajstić information content (AvgIpc) is 2.75. The first kappa shape index (κ1) is 23.2. The van der Waals surface area contributed by atoms with E-state index < -0.39 is 10.0 Å². The summed E-state index contributed by atoms with van der Waals surface area (Å²) in [4.78, 5) is 25.9. The molecule has 1 aliphatic heterocycles. The maximum absolute atomic E-state index is 13.4. The van der Waals surface area contributed by atoms with E-state index in [1.54, 1.807) is 29.2 Å². The SMILES string of the molecule is CC(=O)Nc1ccc(S(=O)(=O)N(CC(=O)N2CCCCC2)Cc2ccccc2Cl)cc1. The van der Waals surface area contributed by atoms with Crippen molar-refractivity contribution in [3.63, 3.8) is 0 Å². The predicted molar refractivity (Wildman–Crippen MR) is 120 cm³/mol. The van der Waals surface area contributed by atoms with Crippen LogP contribution in [-0.4, -0.2) is 49.1 Å². The molecule has 0 unspecified atom stereocenters. The van der Waals surface area contributed by atoms with Crippen molar-refractivity contribution >= 4 is 39.1 Å². The highest BCUT2D eigenvalue weighted by atomic mass is 35.5. The van der Waals surface area contributed by atoms with E-state index in [1.807, 2.05) is 0 Å². The summed E-state index contributed by atoms with van der Waals surface area (Å²) in [6.45, 7) is 2.38. The topological polar surface area (TPSA) is 86.8 Å². The van der Waals surface area contributed by atoms with Crippen LogP contribution in [0.1, 0.15) is 31.7 Å². The first-order chi connectivity index (χ1) is 14.8. The Morgan fingerprint density at radius 3 is 2.29 bits per heavy atom. The van der Waals surface area contributed by atoms with Crippen LogP contribution in [0.5, 0.6) is 0 Å². The fourth-order valence-electron chi connectivity index (χ4n) is 3.50. The lowest BCUT2D eigenvalue weighted by Crippen LogP contribution is -2.44. The predicted octanol–water partition coefficient (Wildman–Crippen LogP) is 3.50. The zero-order chi connectivity index (χ0) is 22.4. The summed E-state index contributed by atoms with van der Waals surface area (Å²) < 4.78 is 28.0. The number of benzene rings is 2. The van der Waals surface area contributed by atoms with Gasteiger partial charge in [0, 0.05) is 37.3 Å². The number of halogens is 1. The van der Waals surface area contributed by atoms with Gasteiger partial charge in [0.15, 0.2) is 0 Å². The van der Waals surface area contributed by atoms with E-state index >= 15 is 0 Å². The molecule has 2 aromatic carbocycles. The van der Waals surface area contributed by atoms with E-state index in [2.05, 4.69) is 5.32 Å². The van der Waals surface area contributed by atoms with Crippen molar-refractivity contribution < 1.29 is 18.0 Å². The number of hydrogen-bond acceptors (Lipinski definition) is 4. The van der Waals surface area contributed by atoms with Crippen LogP contribution in [0.2, 0.25) is 5.02 Å². The second-order valence-electron chi connectivity index (χ2n) is 7.51. The Morgan fingerprint density at radius 1 is 1.03 bits per heavy atom. The highest BCUT2D eigenvalue weighted by molar-refractivity contribution is 7.89. The number of carbonyl (C=O) groups is 2. The second kappa shape index (κ2) is 10.3. The van der Waals surface area contributed by atoms with E-state index in [4.69, 9.17) is 11.6 Å². The Morgan fingerprint density at radius 2 is 1.68 bits per heavy atom. The zero-order valence-corrected chi connectivity index (χ0v) is 19.0. The zero-order valence-electron chi connectivity index (χ0n) is 17.4. The average molecular weight is 464 g/mol. The molecule has 0 saturated carbocycles. The van der Waals surface area contributed by atoms with Crippen molar-refractivity contribution in [3.05, 3.63) is 59.1 Å². The molecule has 0 bridgehead atoms. The summed E-state index contributed by atoms with van der Waals surface area (Å²) in [6, 6.07) is 12.9. The quantitative estimate of drug-likeness (QED) is 0.680. The molecule has 0 radical (unpaired) electrons. The summed E-state index contributed by atoms with van der Waals surface area (Å²) >= 11 is 6.26. The number of carbonyl (C=O) groups excluding carboxylic acids is 2. The maximum atomic E-state index is 13.4. The first-order valence-electron chi connectivity index (χ1n) is 10.2. The van der Waals surface area contributed by atoms with Crippen LogP contribution in [0.25, 0.3) is 0 Å². The largest absolute Gasteiger partial charge is 0.342 e. The standard InChI is InChI=1S/C22H26ClN3O4S/c1-17(27)24-19-9-11-20(12-10-19)31(29,30)26(15-18-7-3-4-8-21(18)23)16-22(28)25-13-5-2-6-14-25/h3-4,7-12H,2,5-6,13-16H2,1H3,(H,24,27). The van der Waals surface area contributed by atoms with Gasteiger partial charge in [-0.2, -0.15) is 4.31 Å². The van der Waals surface area contributed by atoms with Gasteiger partial charge in [0.2, 0.25) is 21.8 Å². The summed E-state index contributed by atoms with van der Waals surface area (Å²) in [6.07, 6.45) is 2.92. The Labute approximate surface area is 188 Å². The van der Waals surface area contributed by atoms with Gasteiger partial charge >= 0.3 is 0 Å². The molecule has 0 atom stereocenters. The molecule has 7 nitrogen and oxygen atoms in total. The van der Waals surface area contributed by atoms with Gasteiger partial charge in [-0.15, -0.1) is 0 Å². The van der Waals surface area contributed by atoms with Gasteiger partial charge in [0.05, 0.1) is 11.4 Å². The number of sulfonamides is 1. The molecule has 0 spiro atoms. The lowest BCUT2D eigenvalue weighted by atomic mass is 10.1. The highest BCUT2D eigenvalue weighted by Gasteiger charge is 2.29. The van der Waals surface area contributed by atoms with Crippen LogP contribution < -0.4 is 5.32 Å². The van der Waals surface area contributed by atoms with Gasteiger partial charge in [0.1, 0.15) is 0 Å². The molecule has 1 fully saturated rings. The second-order valence-corrected chi connectivity index (χ2v) is 9.86. The molecule has 31 heavy (non-hydrogen) atoms. The van der Waals surface area contributed by atoms with Crippen molar-refractivity contribution in [2.24, 2.45) is 0 Å². The van der Waals surface area contributed by atoms with Crippen molar-refractivity contribution in [2.75, 3.05) is 25.0 Å².